The van der Waals surface area contributed by atoms with Crippen LogP contribution in [0.15, 0.2) is 4.99 Å². The Labute approximate surface area is 183 Å². The Morgan fingerprint density at radius 2 is 1.89 bits per heavy atom. The van der Waals surface area contributed by atoms with Crippen LogP contribution in [0, 0.1) is 11.8 Å². The first-order valence-corrected chi connectivity index (χ1v) is 12.2. The van der Waals surface area contributed by atoms with Gasteiger partial charge in [0.2, 0.25) is 10.0 Å². The molecule has 27 heavy (non-hydrogen) atoms. The monoisotopic (exact) mass is 514 g/mol. The van der Waals surface area contributed by atoms with Crippen LogP contribution in [0.4, 0.5) is 0 Å². The fraction of sp³-hybridized carbons (Fsp3) is 0.947. The highest BCUT2D eigenvalue weighted by molar-refractivity contribution is 14.0. The zero-order valence-corrected chi connectivity index (χ0v) is 20.4. The lowest BCUT2D eigenvalue weighted by molar-refractivity contribution is 0.322. The molecule has 6 nitrogen and oxygen atoms in total. The van der Waals surface area contributed by atoms with Crippen molar-refractivity contribution in [3.8, 4) is 0 Å². The van der Waals surface area contributed by atoms with Crippen molar-refractivity contribution >= 4 is 40.0 Å². The number of aliphatic imine (C=N–C) groups is 1. The molecule has 2 unspecified atom stereocenters. The van der Waals surface area contributed by atoms with Gasteiger partial charge >= 0.3 is 0 Å². The van der Waals surface area contributed by atoms with E-state index in [9.17, 15) is 8.42 Å². The molecule has 0 aromatic heterocycles. The highest BCUT2D eigenvalue weighted by Crippen LogP contribution is 2.27. The molecule has 1 aliphatic carbocycles. The molecule has 0 aromatic carbocycles. The molecule has 1 heterocycles. The lowest BCUT2D eigenvalue weighted by atomic mass is 9.85. The van der Waals surface area contributed by atoms with Crippen LogP contribution in [-0.4, -0.2) is 57.2 Å². The number of rotatable bonds is 8. The van der Waals surface area contributed by atoms with Gasteiger partial charge in [0, 0.05) is 32.2 Å². The van der Waals surface area contributed by atoms with Crippen LogP contribution in [0.3, 0.4) is 0 Å². The van der Waals surface area contributed by atoms with E-state index in [1.807, 2.05) is 0 Å². The molecule has 160 valence electrons. The minimum atomic E-state index is -3.07. The van der Waals surface area contributed by atoms with Crippen LogP contribution in [0.5, 0.6) is 0 Å². The van der Waals surface area contributed by atoms with E-state index < -0.39 is 10.0 Å². The maximum Gasteiger partial charge on any atom is 0.211 e. The molecular formula is C19H39IN4O2S. The van der Waals surface area contributed by atoms with E-state index in [2.05, 4.69) is 24.5 Å². The maximum absolute atomic E-state index is 11.6. The first kappa shape index (κ1) is 24.9. The predicted octanol–water partition coefficient (Wildman–Crippen LogP) is 3.19. The molecule has 1 aliphatic heterocycles. The average molecular weight is 515 g/mol. The van der Waals surface area contributed by atoms with Crippen molar-refractivity contribution < 1.29 is 8.42 Å². The van der Waals surface area contributed by atoms with E-state index in [4.69, 9.17) is 4.99 Å². The Morgan fingerprint density at radius 1 is 1.19 bits per heavy atom. The summed E-state index contributed by atoms with van der Waals surface area (Å²) in [6.45, 7) is 7.04. The number of hydrogen-bond acceptors (Lipinski definition) is 3. The van der Waals surface area contributed by atoms with Crippen LogP contribution in [-0.2, 0) is 10.0 Å². The summed E-state index contributed by atoms with van der Waals surface area (Å²) in [6, 6.07) is 0.408. The molecule has 0 spiro atoms. The van der Waals surface area contributed by atoms with Crippen molar-refractivity contribution in [2.45, 2.75) is 71.3 Å². The topological polar surface area (TPSA) is 73.8 Å². The van der Waals surface area contributed by atoms with E-state index in [1.165, 1.54) is 51.2 Å². The summed E-state index contributed by atoms with van der Waals surface area (Å²) in [5, 5.41) is 6.85. The molecule has 2 aliphatic rings. The third-order valence-corrected chi connectivity index (χ3v) is 6.95. The Bertz CT molecular complexity index is 550. The summed E-state index contributed by atoms with van der Waals surface area (Å²) in [5.41, 5.74) is 0. The van der Waals surface area contributed by atoms with E-state index in [-0.39, 0.29) is 24.0 Å². The summed E-state index contributed by atoms with van der Waals surface area (Å²) in [4.78, 5) is 4.72. The summed E-state index contributed by atoms with van der Waals surface area (Å²) in [6.07, 6.45) is 11.7. The third kappa shape index (κ3) is 9.30. The number of halogens is 1. The molecule has 1 saturated carbocycles. The SMILES string of the molecule is CCNC(=NCC1CCN(S(C)(=O)=O)C1)NC(C)CCC1CCCCC1.I. The second-order valence-corrected chi connectivity index (χ2v) is 10.1. The van der Waals surface area contributed by atoms with Gasteiger partial charge in [0.05, 0.1) is 6.26 Å². The smallest absolute Gasteiger partial charge is 0.211 e. The van der Waals surface area contributed by atoms with E-state index in [0.717, 1.165) is 24.8 Å². The van der Waals surface area contributed by atoms with Gasteiger partial charge in [-0.15, -0.1) is 24.0 Å². The average Bonchev–Trinajstić information content (AvgIpc) is 3.08. The molecule has 1 saturated heterocycles. The van der Waals surface area contributed by atoms with Gasteiger partial charge in [0.25, 0.3) is 0 Å². The Balaban J connectivity index is 0.00000364. The van der Waals surface area contributed by atoms with Gasteiger partial charge in [-0.2, -0.15) is 0 Å². The van der Waals surface area contributed by atoms with Crippen LogP contribution in [0.1, 0.15) is 65.2 Å². The van der Waals surface area contributed by atoms with Gasteiger partial charge in [0.1, 0.15) is 0 Å². The molecule has 0 aromatic rings. The van der Waals surface area contributed by atoms with Gasteiger partial charge in [0.15, 0.2) is 5.96 Å². The number of sulfonamides is 1. The molecule has 2 rings (SSSR count). The molecule has 2 fully saturated rings. The second-order valence-electron chi connectivity index (χ2n) is 8.12. The molecule has 0 bridgehead atoms. The number of guanidine groups is 1. The molecule has 0 radical (unpaired) electrons. The second kappa shape index (κ2) is 12.5. The molecule has 2 atom stereocenters. The van der Waals surface area contributed by atoms with E-state index in [0.29, 0.717) is 31.6 Å². The standard InChI is InChI=1S/C19H38N4O2S.HI/c1-4-20-19(21-14-18-12-13-23(15-18)26(3,24)25)22-16(2)10-11-17-8-6-5-7-9-17;/h16-18H,4-15H2,1-3H3,(H2,20,21,22);1H. The predicted molar refractivity (Wildman–Crippen MR) is 124 cm³/mol. The molecule has 0 amide bonds. The lowest BCUT2D eigenvalue weighted by Gasteiger charge is -2.24. The zero-order chi connectivity index (χ0) is 19.0. The Kier molecular flexibility index (Phi) is 11.5. The third-order valence-electron chi connectivity index (χ3n) is 5.69. The van der Waals surface area contributed by atoms with Crippen LogP contribution in [0.2, 0.25) is 0 Å². The maximum atomic E-state index is 11.6. The summed E-state index contributed by atoms with van der Waals surface area (Å²) >= 11 is 0. The first-order valence-electron chi connectivity index (χ1n) is 10.4. The fourth-order valence-corrected chi connectivity index (χ4v) is 4.97. The van der Waals surface area contributed by atoms with Crippen LogP contribution >= 0.6 is 24.0 Å². The molecular weight excluding hydrogens is 475 g/mol. The summed E-state index contributed by atoms with van der Waals surface area (Å²) in [7, 11) is -3.07. The van der Waals surface area contributed by atoms with Crippen LogP contribution < -0.4 is 10.6 Å². The number of hydrogen-bond donors (Lipinski definition) is 2. The zero-order valence-electron chi connectivity index (χ0n) is 17.2. The van der Waals surface area contributed by atoms with Gasteiger partial charge in [-0.1, -0.05) is 32.1 Å². The van der Waals surface area contributed by atoms with Gasteiger partial charge in [-0.25, -0.2) is 12.7 Å². The Morgan fingerprint density at radius 3 is 2.48 bits per heavy atom. The van der Waals surface area contributed by atoms with Crippen molar-refractivity contribution in [3.05, 3.63) is 0 Å². The highest BCUT2D eigenvalue weighted by Gasteiger charge is 2.28. The Hall–Kier alpha value is -0.0900. The highest BCUT2D eigenvalue weighted by atomic mass is 127. The minimum Gasteiger partial charge on any atom is -0.357 e. The van der Waals surface area contributed by atoms with Crippen LogP contribution in [0.25, 0.3) is 0 Å². The lowest BCUT2D eigenvalue weighted by Crippen LogP contribution is -2.42. The summed E-state index contributed by atoms with van der Waals surface area (Å²) < 4.78 is 24.8. The first-order chi connectivity index (χ1) is 12.4. The van der Waals surface area contributed by atoms with Gasteiger partial charge in [-0.05, 0) is 44.9 Å². The fourth-order valence-electron chi connectivity index (χ4n) is 4.05. The van der Waals surface area contributed by atoms with Crippen molar-refractivity contribution in [2.75, 3.05) is 32.4 Å². The molecule has 8 heteroatoms. The van der Waals surface area contributed by atoms with Crippen molar-refractivity contribution in [1.29, 1.82) is 0 Å². The minimum absolute atomic E-state index is 0. The van der Waals surface area contributed by atoms with Crippen molar-refractivity contribution in [1.82, 2.24) is 14.9 Å². The van der Waals surface area contributed by atoms with Gasteiger partial charge in [-0.3, -0.25) is 4.99 Å². The van der Waals surface area contributed by atoms with Crippen molar-refractivity contribution in [2.24, 2.45) is 16.8 Å². The normalized spacial score (nSPS) is 23.7. The number of nitrogens with zero attached hydrogens (tertiary/aromatic N) is 2. The van der Waals surface area contributed by atoms with E-state index >= 15 is 0 Å². The van der Waals surface area contributed by atoms with Crippen molar-refractivity contribution in [3.63, 3.8) is 0 Å². The van der Waals surface area contributed by atoms with E-state index in [1.54, 1.807) is 4.31 Å². The largest absolute Gasteiger partial charge is 0.357 e. The van der Waals surface area contributed by atoms with Gasteiger partial charge < -0.3 is 10.6 Å². The summed E-state index contributed by atoms with van der Waals surface area (Å²) in [5.74, 6) is 2.09. The number of nitrogens with one attached hydrogen (secondary N) is 2. The quantitative estimate of drug-likeness (QED) is 0.297. The molecule has 2 N–H and O–H groups in total.